The van der Waals surface area contributed by atoms with Crippen LogP contribution in [0.1, 0.15) is 22.3 Å². The molecule has 1 aliphatic heterocycles. The number of hydrogen-bond donors (Lipinski definition) is 4. The maximum Gasteiger partial charge on any atom is 0.154 e. The molecule has 33 heavy (non-hydrogen) atoms. The van der Waals surface area contributed by atoms with Crippen molar-refractivity contribution in [3.63, 3.8) is 0 Å². The van der Waals surface area contributed by atoms with Gasteiger partial charge in [-0.25, -0.2) is 4.98 Å². The highest BCUT2D eigenvalue weighted by Gasteiger charge is 2.28. The number of anilines is 3. The highest BCUT2D eigenvalue weighted by molar-refractivity contribution is 6.30. The van der Waals surface area contributed by atoms with Crippen LogP contribution in [0.2, 0.25) is 0 Å². The maximum absolute atomic E-state index is 8.96. The smallest absolute Gasteiger partial charge is 0.154 e. The number of nitrogens with zero attached hydrogens (tertiary/aromatic N) is 2. The van der Waals surface area contributed by atoms with Crippen LogP contribution in [0.4, 0.5) is 17.2 Å². The standard InChI is InChI=1S/C27H24N6/c28-25(21-14-12-20(13-15-21)18-30-17-19-7-2-1-3-8-19)33-24-11-6-16-31-27(24)32-23-10-5-4-9-22(23)26(33)29/h1-16,28-30H,17-18H2,(H,31,32). The Morgan fingerprint density at radius 3 is 2.30 bits per heavy atom. The third-order valence-electron chi connectivity index (χ3n) is 5.64. The molecule has 1 aromatic heterocycles. The molecular weight excluding hydrogens is 408 g/mol. The van der Waals surface area contributed by atoms with Crippen molar-refractivity contribution in [2.75, 3.05) is 10.2 Å². The summed E-state index contributed by atoms with van der Waals surface area (Å²) in [6, 6.07) is 29.6. The lowest BCUT2D eigenvalue weighted by Gasteiger charge is -2.25. The van der Waals surface area contributed by atoms with E-state index in [0.29, 0.717) is 11.5 Å². The van der Waals surface area contributed by atoms with Gasteiger partial charge < -0.3 is 10.6 Å². The average Bonchev–Trinajstić information content (AvgIpc) is 2.98. The fourth-order valence-corrected chi connectivity index (χ4v) is 3.93. The molecule has 2 heterocycles. The summed E-state index contributed by atoms with van der Waals surface area (Å²) in [5, 5.41) is 24.6. The molecule has 0 unspecified atom stereocenters. The minimum atomic E-state index is 0.233. The van der Waals surface area contributed by atoms with Crippen LogP contribution < -0.4 is 15.5 Å². The first-order valence-corrected chi connectivity index (χ1v) is 10.8. The number of para-hydroxylation sites is 1. The molecule has 6 heteroatoms. The van der Waals surface area contributed by atoms with E-state index in [0.717, 1.165) is 35.5 Å². The molecule has 0 aliphatic carbocycles. The van der Waals surface area contributed by atoms with E-state index in [2.05, 4.69) is 27.8 Å². The van der Waals surface area contributed by atoms with Crippen molar-refractivity contribution in [1.82, 2.24) is 10.3 Å². The van der Waals surface area contributed by atoms with Gasteiger partial charge in [0, 0.05) is 30.4 Å². The molecule has 0 amide bonds. The number of rotatable bonds is 5. The first-order valence-electron chi connectivity index (χ1n) is 10.8. The Labute approximate surface area is 193 Å². The van der Waals surface area contributed by atoms with E-state index in [-0.39, 0.29) is 11.7 Å². The topological polar surface area (TPSA) is 87.9 Å². The molecule has 5 rings (SSSR count). The Morgan fingerprint density at radius 1 is 0.818 bits per heavy atom. The van der Waals surface area contributed by atoms with Crippen LogP contribution in [0, 0.1) is 10.8 Å². The van der Waals surface area contributed by atoms with Crippen molar-refractivity contribution in [3.05, 3.63) is 119 Å². The number of amidine groups is 2. The second kappa shape index (κ2) is 9.06. The number of benzene rings is 3. The lowest BCUT2D eigenvalue weighted by molar-refractivity contribution is 0.693. The second-order valence-corrected chi connectivity index (χ2v) is 7.86. The highest BCUT2D eigenvalue weighted by atomic mass is 15.2. The predicted molar refractivity (Wildman–Crippen MR) is 134 cm³/mol. The fourth-order valence-electron chi connectivity index (χ4n) is 3.93. The number of aromatic nitrogens is 1. The Kier molecular flexibility index (Phi) is 5.66. The minimum Gasteiger partial charge on any atom is -0.338 e. The van der Waals surface area contributed by atoms with E-state index in [1.54, 1.807) is 11.1 Å². The molecule has 4 N–H and O–H groups in total. The molecule has 162 valence electrons. The van der Waals surface area contributed by atoms with Gasteiger partial charge in [-0.1, -0.05) is 66.7 Å². The summed E-state index contributed by atoms with van der Waals surface area (Å²) in [6.07, 6.45) is 1.71. The van der Waals surface area contributed by atoms with Crippen LogP contribution in [-0.4, -0.2) is 16.7 Å². The Morgan fingerprint density at radius 2 is 1.52 bits per heavy atom. The predicted octanol–water partition coefficient (Wildman–Crippen LogP) is 5.29. The van der Waals surface area contributed by atoms with Gasteiger partial charge in [0.1, 0.15) is 11.7 Å². The van der Waals surface area contributed by atoms with Crippen LogP contribution in [0.5, 0.6) is 0 Å². The summed E-state index contributed by atoms with van der Waals surface area (Å²) in [7, 11) is 0. The van der Waals surface area contributed by atoms with Crippen molar-refractivity contribution in [2.45, 2.75) is 13.1 Å². The van der Waals surface area contributed by atoms with E-state index in [4.69, 9.17) is 10.8 Å². The van der Waals surface area contributed by atoms with E-state index >= 15 is 0 Å². The van der Waals surface area contributed by atoms with Crippen LogP contribution >= 0.6 is 0 Å². The zero-order valence-corrected chi connectivity index (χ0v) is 18.0. The minimum absolute atomic E-state index is 0.233. The molecule has 0 bridgehead atoms. The monoisotopic (exact) mass is 432 g/mol. The summed E-state index contributed by atoms with van der Waals surface area (Å²) in [6.45, 7) is 1.55. The molecule has 6 nitrogen and oxygen atoms in total. The van der Waals surface area contributed by atoms with E-state index < -0.39 is 0 Å². The van der Waals surface area contributed by atoms with Crippen LogP contribution in [0.25, 0.3) is 0 Å². The summed E-state index contributed by atoms with van der Waals surface area (Å²) in [5.74, 6) is 1.10. The van der Waals surface area contributed by atoms with Crippen LogP contribution in [0.3, 0.4) is 0 Å². The lowest BCUT2D eigenvalue weighted by Crippen LogP contribution is -2.36. The third kappa shape index (κ3) is 4.24. The molecule has 0 saturated carbocycles. The molecule has 1 aliphatic rings. The summed E-state index contributed by atoms with van der Waals surface area (Å²) >= 11 is 0. The molecule has 0 saturated heterocycles. The van der Waals surface area contributed by atoms with Crippen LogP contribution in [0.15, 0.2) is 97.2 Å². The first kappa shape index (κ1) is 20.6. The molecule has 0 atom stereocenters. The zero-order chi connectivity index (χ0) is 22.6. The van der Waals surface area contributed by atoms with Gasteiger partial charge in [0.05, 0.1) is 11.4 Å². The van der Waals surface area contributed by atoms with Crippen molar-refractivity contribution in [1.29, 1.82) is 10.8 Å². The average molecular weight is 433 g/mol. The van der Waals surface area contributed by atoms with Crippen molar-refractivity contribution >= 4 is 28.9 Å². The number of nitrogens with one attached hydrogen (secondary N) is 4. The SMILES string of the molecule is N=C(c1ccc(CNCc2ccccc2)cc1)N1C(=N)c2ccccc2Nc2ncccc21. The molecule has 0 radical (unpaired) electrons. The molecule has 4 aromatic rings. The van der Waals surface area contributed by atoms with Gasteiger partial charge in [0.2, 0.25) is 0 Å². The van der Waals surface area contributed by atoms with Crippen molar-refractivity contribution in [3.8, 4) is 0 Å². The van der Waals surface area contributed by atoms with Crippen LogP contribution in [-0.2, 0) is 13.1 Å². The van der Waals surface area contributed by atoms with Gasteiger partial charge in [0.25, 0.3) is 0 Å². The van der Waals surface area contributed by atoms with Gasteiger partial charge in [-0.05, 0) is 35.4 Å². The molecule has 3 aromatic carbocycles. The van der Waals surface area contributed by atoms with E-state index in [9.17, 15) is 0 Å². The normalized spacial score (nSPS) is 12.4. The van der Waals surface area contributed by atoms with Gasteiger partial charge >= 0.3 is 0 Å². The molecule has 0 fully saturated rings. The number of fused-ring (bicyclic) bond motifs is 2. The molecular formula is C27H24N6. The van der Waals surface area contributed by atoms with Gasteiger partial charge in [0.15, 0.2) is 5.82 Å². The molecule has 0 spiro atoms. The van der Waals surface area contributed by atoms with Gasteiger partial charge in [-0.3, -0.25) is 15.7 Å². The fraction of sp³-hybridized carbons (Fsp3) is 0.0741. The summed E-state index contributed by atoms with van der Waals surface area (Å²) in [5.41, 5.74) is 5.33. The van der Waals surface area contributed by atoms with Crippen molar-refractivity contribution in [2.24, 2.45) is 0 Å². The quantitative estimate of drug-likeness (QED) is 0.255. The van der Waals surface area contributed by atoms with E-state index in [1.165, 1.54) is 5.56 Å². The first-order chi connectivity index (χ1) is 16.2. The Balaban J connectivity index is 1.37. The summed E-state index contributed by atoms with van der Waals surface area (Å²) in [4.78, 5) is 6.10. The maximum atomic E-state index is 8.96. The van der Waals surface area contributed by atoms with E-state index in [1.807, 2.05) is 78.9 Å². The summed E-state index contributed by atoms with van der Waals surface area (Å²) < 4.78 is 0. The van der Waals surface area contributed by atoms with Gasteiger partial charge in [-0.2, -0.15) is 0 Å². The van der Waals surface area contributed by atoms with Crippen molar-refractivity contribution < 1.29 is 0 Å². The third-order valence-corrected chi connectivity index (χ3v) is 5.64. The zero-order valence-electron chi connectivity index (χ0n) is 18.0. The second-order valence-electron chi connectivity index (χ2n) is 7.86. The van der Waals surface area contributed by atoms with Gasteiger partial charge in [-0.15, -0.1) is 0 Å². The highest BCUT2D eigenvalue weighted by Crippen LogP contribution is 2.34. The Bertz CT molecular complexity index is 1300. The number of hydrogen-bond acceptors (Lipinski definition) is 5. The Hall–Kier alpha value is -4.29. The largest absolute Gasteiger partial charge is 0.338 e. The number of pyridine rings is 1. The lowest BCUT2D eigenvalue weighted by atomic mass is 10.1.